The molecule has 1 aromatic carbocycles. The van der Waals surface area contributed by atoms with Gasteiger partial charge in [0, 0.05) is 23.6 Å². The Morgan fingerprint density at radius 3 is 2.62 bits per heavy atom. The zero-order valence-corrected chi connectivity index (χ0v) is 15.7. The SMILES string of the molecule is CC(C(=O)Nc1ccc2sc(C(=O)O)cc2c1)S(=O)(=O)C1CCOCC1. The molecular weight excluding hydrogens is 378 g/mol. The van der Waals surface area contributed by atoms with Gasteiger partial charge in [-0.05, 0) is 49.4 Å². The lowest BCUT2D eigenvalue weighted by molar-refractivity contribution is -0.115. The molecule has 0 aliphatic carbocycles. The van der Waals surface area contributed by atoms with Crippen molar-refractivity contribution >= 4 is 48.8 Å². The number of hydrogen-bond donors (Lipinski definition) is 2. The summed E-state index contributed by atoms with van der Waals surface area (Å²) in [4.78, 5) is 23.7. The molecule has 1 aliphatic rings. The maximum absolute atomic E-state index is 12.6. The molecule has 2 N–H and O–H groups in total. The van der Waals surface area contributed by atoms with Crippen LogP contribution in [0.5, 0.6) is 0 Å². The number of amides is 1. The quantitative estimate of drug-likeness (QED) is 0.802. The molecule has 1 atom stereocenters. The van der Waals surface area contributed by atoms with Gasteiger partial charge in [-0.3, -0.25) is 4.79 Å². The minimum Gasteiger partial charge on any atom is -0.477 e. The highest BCUT2D eigenvalue weighted by Gasteiger charge is 2.36. The smallest absolute Gasteiger partial charge is 0.345 e. The van der Waals surface area contributed by atoms with Gasteiger partial charge >= 0.3 is 5.97 Å². The van der Waals surface area contributed by atoms with Crippen LogP contribution in [-0.4, -0.2) is 49.1 Å². The van der Waals surface area contributed by atoms with Gasteiger partial charge < -0.3 is 15.2 Å². The number of rotatable bonds is 5. The van der Waals surface area contributed by atoms with Gasteiger partial charge in [0.05, 0.1) is 5.25 Å². The van der Waals surface area contributed by atoms with Crippen LogP contribution >= 0.6 is 11.3 Å². The molecule has 140 valence electrons. The van der Waals surface area contributed by atoms with E-state index in [0.717, 1.165) is 16.0 Å². The van der Waals surface area contributed by atoms with Crippen LogP contribution in [0.15, 0.2) is 24.3 Å². The molecule has 7 nitrogen and oxygen atoms in total. The number of carbonyl (C=O) groups excluding carboxylic acids is 1. The molecule has 1 unspecified atom stereocenters. The van der Waals surface area contributed by atoms with Crippen molar-refractivity contribution in [3.63, 3.8) is 0 Å². The Morgan fingerprint density at radius 2 is 1.96 bits per heavy atom. The summed E-state index contributed by atoms with van der Waals surface area (Å²) in [7, 11) is -3.60. The van der Waals surface area contributed by atoms with E-state index in [-0.39, 0.29) is 4.88 Å². The molecule has 0 radical (unpaired) electrons. The van der Waals surface area contributed by atoms with Crippen LogP contribution < -0.4 is 5.32 Å². The number of aromatic carboxylic acids is 1. The normalized spacial score (nSPS) is 17.1. The van der Waals surface area contributed by atoms with Gasteiger partial charge in [-0.15, -0.1) is 11.3 Å². The van der Waals surface area contributed by atoms with Gasteiger partial charge in [0.15, 0.2) is 9.84 Å². The molecule has 0 bridgehead atoms. The molecule has 1 saturated heterocycles. The van der Waals surface area contributed by atoms with Crippen molar-refractivity contribution in [1.29, 1.82) is 0 Å². The maximum Gasteiger partial charge on any atom is 0.345 e. The lowest BCUT2D eigenvalue weighted by Crippen LogP contribution is -2.41. The first-order valence-corrected chi connectivity index (χ1v) is 10.6. The van der Waals surface area contributed by atoms with E-state index in [1.54, 1.807) is 18.2 Å². The van der Waals surface area contributed by atoms with Crippen LogP contribution in [0.2, 0.25) is 0 Å². The Bertz CT molecular complexity index is 943. The number of thiophene rings is 1. The molecule has 2 heterocycles. The van der Waals surface area contributed by atoms with Gasteiger partial charge in [-0.2, -0.15) is 0 Å². The first-order chi connectivity index (χ1) is 12.3. The lowest BCUT2D eigenvalue weighted by Gasteiger charge is -2.25. The largest absolute Gasteiger partial charge is 0.477 e. The van der Waals surface area contributed by atoms with Gasteiger partial charge in [-0.25, -0.2) is 13.2 Å². The molecule has 9 heteroatoms. The average molecular weight is 397 g/mol. The van der Waals surface area contributed by atoms with Gasteiger partial charge in [-0.1, -0.05) is 0 Å². The lowest BCUT2D eigenvalue weighted by atomic mass is 10.2. The third-order valence-electron chi connectivity index (χ3n) is 4.49. The van der Waals surface area contributed by atoms with Crippen molar-refractivity contribution in [3.05, 3.63) is 29.1 Å². The molecule has 1 fully saturated rings. The molecule has 1 amide bonds. The first-order valence-electron chi connectivity index (χ1n) is 8.17. The summed E-state index contributed by atoms with van der Waals surface area (Å²) in [5.41, 5.74) is 0.436. The number of carboxylic acid groups (broad SMARTS) is 1. The van der Waals surface area contributed by atoms with Gasteiger partial charge in [0.1, 0.15) is 10.1 Å². The number of hydrogen-bond acceptors (Lipinski definition) is 6. The van der Waals surface area contributed by atoms with E-state index in [9.17, 15) is 18.0 Å². The highest BCUT2D eigenvalue weighted by Crippen LogP contribution is 2.28. The molecule has 3 rings (SSSR count). The second-order valence-electron chi connectivity index (χ2n) is 6.20. The Hall–Kier alpha value is -1.97. The van der Waals surface area contributed by atoms with Crippen LogP contribution in [0.3, 0.4) is 0 Å². The Balaban J connectivity index is 1.76. The van der Waals surface area contributed by atoms with E-state index in [2.05, 4.69) is 5.32 Å². The van der Waals surface area contributed by atoms with E-state index >= 15 is 0 Å². The molecule has 2 aromatic rings. The zero-order valence-electron chi connectivity index (χ0n) is 14.1. The van der Waals surface area contributed by atoms with Crippen LogP contribution in [0.4, 0.5) is 5.69 Å². The second-order valence-corrected chi connectivity index (χ2v) is 9.84. The van der Waals surface area contributed by atoms with Crippen molar-refractivity contribution in [2.24, 2.45) is 0 Å². The first kappa shape index (κ1) is 18.8. The molecule has 1 aliphatic heterocycles. The topological polar surface area (TPSA) is 110 Å². The molecule has 0 spiro atoms. The fraction of sp³-hybridized carbons (Fsp3) is 0.412. The fourth-order valence-corrected chi connectivity index (χ4v) is 5.58. The number of carboxylic acids is 1. The number of ether oxygens (including phenoxy) is 1. The summed E-state index contributed by atoms with van der Waals surface area (Å²) in [6.45, 7) is 2.17. The summed E-state index contributed by atoms with van der Waals surface area (Å²) >= 11 is 1.14. The summed E-state index contributed by atoms with van der Waals surface area (Å²) in [5, 5.41) is 10.6. The number of carbonyl (C=O) groups is 2. The van der Waals surface area contributed by atoms with Gasteiger partial charge in [0.2, 0.25) is 5.91 Å². The summed E-state index contributed by atoms with van der Waals surface area (Å²) in [6, 6.07) is 6.51. The van der Waals surface area contributed by atoms with Crippen LogP contribution in [0, 0.1) is 0 Å². The highest BCUT2D eigenvalue weighted by molar-refractivity contribution is 7.93. The van der Waals surface area contributed by atoms with Crippen molar-refractivity contribution in [1.82, 2.24) is 0 Å². The summed E-state index contributed by atoms with van der Waals surface area (Å²) < 4.78 is 31.2. The van der Waals surface area contributed by atoms with Crippen molar-refractivity contribution in [3.8, 4) is 0 Å². The molecule has 0 saturated carbocycles. The zero-order chi connectivity index (χ0) is 18.9. The van der Waals surface area contributed by atoms with E-state index in [1.807, 2.05) is 0 Å². The van der Waals surface area contributed by atoms with E-state index in [1.165, 1.54) is 13.0 Å². The monoisotopic (exact) mass is 397 g/mol. The van der Waals surface area contributed by atoms with Crippen LogP contribution in [0.1, 0.15) is 29.4 Å². The number of sulfone groups is 1. The summed E-state index contributed by atoms with van der Waals surface area (Å²) in [5.74, 6) is -1.60. The van der Waals surface area contributed by atoms with E-state index in [4.69, 9.17) is 9.84 Å². The van der Waals surface area contributed by atoms with Crippen molar-refractivity contribution in [2.45, 2.75) is 30.3 Å². The Labute approximate surface area is 154 Å². The van der Waals surface area contributed by atoms with Crippen LogP contribution in [-0.2, 0) is 19.4 Å². The second kappa shape index (κ2) is 7.34. The minimum atomic E-state index is -3.60. The third kappa shape index (κ3) is 3.74. The average Bonchev–Trinajstić information content (AvgIpc) is 3.05. The molecular formula is C17H19NO6S2. The number of fused-ring (bicyclic) bond motifs is 1. The van der Waals surface area contributed by atoms with Crippen molar-refractivity contribution in [2.75, 3.05) is 18.5 Å². The standard InChI is InChI=1S/C17H19NO6S2/c1-10(26(22,23)13-4-6-24-7-5-13)16(19)18-12-2-3-14-11(8-12)9-15(25-14)17(20)21/h2-3,8-10,13H,4-7H2,1H3,(H,18,19)(H,20,21). The van der Waals surface area contributed by atoms with Gasteiger partial charge in [0.25, 0.3) is 0 Å². The predicted molar refractivity (Wildman–Crippen MR) is 99.6 cm³/mol. The van der Waals surface area contributed by atoms with E-state index < -0.39 is 32.2 Å². The number of anilines is 1. The Morgan fingerprint density at radius 1 is 1.27 bits per heavy atom. The maximum atomic E-state index is 12.6. The molecule has 1 aromatic heterocycles. The third-order valence-corrected chi connectivity index (χ3v) is 8.19. The number of nitrogens with one attached hydrogen (secondary N) is 1. The minimum absolute atomic E-state index is 0.207. The number of benzene rings is 1. The van der Waals surface area contributed by atoms with Crippen molar-refractivity contribution < 1.29 is 27.9 Å². The fourth-order valence-electron chi connectivity index (χ4n) is 2.91. The highest BCUT2D eigenvalue weighted by atomic mass is 32.2. The predicted octanol–water partition coefficient (Wildman–Crippen LogP) is 2.52. The Kier molecular flexibility index (Phi) is 5.31. The van der Waals surface area contributed by atoms with E-state index in [0.29, 0.717) is 37.1 Å². The summed E-state index contributed by atoms with van der Waals surface area (Å²) in [6.07, 6.45) is 0.803. The van der Waals surface area contributed by atoms with Crippen LogP contribution in [0.25, 0.3) is 10.1 Å². The molecule has 26 heavy (non-hydrogen) atoms.